The van der Waals surface area contributed by atoms with Crippen LogP contribution in [0.25, 0.3) is 5.69 Å². The summed E-state index contributed by atoms with van der Waals surface area (Å²) in [6.07, 6.45) is -0.207. The maximum Gasteiger partial charge on any atom is 0.270 e. The van der Waals surface area contributed by atoms with E-state index < -0.39 is 18.1 Å². The fraction of sp³-hybridized carbons (Fsp3) is 0.267. The Hall–Kier alpha value is -3.70. The molecule has 0 saturated carbocycles. The second-order valence-electron chi connectivity index (χ2n) is 10.6. The summed E-state index contributed by atoms with van der Waals surface area (Å²) in [5.41, 5.74) is 2.37. The number of hydrogen-bond donors (Lipinski definition) is 0. The molecule has 1 saturated heterocycles. The van der Waals surface area contributed by atoms with Crippen LogP contribution in [0.15, 0.2) is 87.0 Å². The topological polar surface area (TPSA) is 101 Å². The number of rotatable bonds is 5. The molecule has 13 heteroatoms. The van der Waals surface area contributed by atoms with Crippen LogP contribution in [0.2, 0.25) is 0 Å². The monoisotopic (exact) mass is 665 g/mol. The number of nitro groups is 1. The number of nitro benzene ring substituents is 1. The molecule has 2 aliphatic rings. The van der Waals surface area contributed by atoms with Crippen LogP contribution in [0.5, 0.6) is 0 Å². The molecule has 3 aromatic carbocycles. The summed E-state index contributed by atoms with van der Waals surface area (Å²) >= 11 is 3.55. The predicted octanol–water partition coefficient (Wildman–Crippen LogP) is 7.11. The second-order valence-corrected chi connectivity index (χ2v) is 14.4. The molecule has 0 N–H and O–H groups in total. The number of hydrogen-bond acceptors (Lipinski definition) is 6. The first-order valence-corrected chi connectivity index (χ1v) is 16.2. The van der Waals surface area contributed by atoms with E-state index in [0.717, 1.165) is 16.7 Å². The van der Waals surface area contributed by atoms with Crippen molar-refractivity contribution < 1.29 is 14.1 Å². The molecule has 1 aromatic heterocycles. The van der Waals surface area contributed by atoms with Gasteiger partial charge in [-0.3, -0.25) is 10.1 Å². The largest absolute Gasteiger partial charge is 0.373 e. The molecule has 0 spiro atoms. The minimum atomic E-state index is -3.06. The molecule has 4 aromatic rings. The Labute approximate surface area is 257 Å². The average molecular weight is 666 g/mol. The summed E-state index contributed by atoms with van der Waals surface area (Å²) < 4.78 is 33.8. The van der Waals surface area contributed by atoms with Gasteiger partial charge in [0.15, 0.2) is 13.2 Å². The highest BCUT2D eigenvalue weighted by molar-refractivity contribution is 9.10. The van der Waals surface area contributed by atoms with Crippen molar-refractivity contribution in [3.63, 3.8) is 0 Å². The standard InChI is InChI=1S/C30H30BrFN7O3P/c1-19-17-37(18-20(2)42-19)43(35-27-15-14-23(39(40)41)16-25(27)31)28-21(3)34-38(22-10-6-5-7-11-22)30(28)33-29(36(43)4)24-12-8-9-13-26(24)32/h5-16,19-20H,17-18H2,1-4H3/t19-,20+,43-/m0/s1. The summed E-state index contributed by atoms with van der Waals surface area (Å²) in [6.45, 7) is 7.10. The minimum absolute atomic E-state index is 0.0498. The molecule has 3 heterocycles. The van der Waals surface area contributed by atoms with Crippen LogP contribution in [0.3, 0.4) is 0 Å². The van der Waals surface area contributed by atoms with Gasteiger partial charge in [0, 0.05) is 32.3 Å². The highest BCUT2D eigenvalue weighted by atomic mass is 79.9. The molecule has 1 fully saturated rings. The summed E-state index contributed by atoms with van der Waals surface area (Å²) in [6, 6.07) is 20.8. The highest BCUT2D eigenvalue weighted by Crippen LogP contribution is 2.63. The molecular weight excluding hydrogens is 636 g/mol. The first-order chi connectivity index (χ1) is 20.6. The van der Waals surface area contributed by atoms with E-state index in [4.69, 9.17) is 19.6 Å². The lowest BCUT2D eigenvalue weighted by Gasteiger charge is -2.48. The predicted molar refractivity (Wildman–Crippen MR) is 170 cm³/mol. The Kier molecular flexibility index (Phi) is 7.80. The van der Waals surface area contributed by atoms with Crippen LogP contribution in [-0.4, -0.2) is 62.2 Å². The van der Waals surface area contributed by atoms with E-state index in [0.29, 0.717) is 40.5 Å². The molecular formula is C30H30BrFN7O3P. The zero-order chi connectivity index (χ0) is 30.5. The van der Waals surface area contributed by atoms with Crippen LogP contribution < -0.4 is 5.30 Å². The number of non-ortho nitro benzene ring substituents is 1. The molecule has 2 aliphatic heterocycles. The van der Waals surface area contributed by atoms with Crippen molar-refractivity contribution in [1.29, 1.82) is 0 Å². The van der Waals surface area contributed by atoms with Gasteiger partial charge in [-0.25, -0.2) is 23.5 Å². The van der Waals surface area contributed by atoms with Crippen molar-refractivity contribution in [2.45, 2.75) is 33.0 Å². The summed E-state index contributed by atoms with van der Waals surface area (Å²) in [7, 11) is -1.16. The maximum absolute atomic E-state index is 15.5. The summed E-state index contributed by atoms with van der Waals surface area (Å²) in [4.78, 5) is 16.2. The molecule has 0 aliphatic carbocycles. The zero-order valence-corrected chi connectivity index (χ0v) is 26.5. The van der Waals surface area contributed by atoms with Gasteiger partial charge in [-0.1, -0.05) is 30.3 Å². The van der Waals surface area contributed by atoms with Crippen molar-refractivity contribution in [3.05, 3.63) is 104 Å². The van der Waals surface area contributed by atoms with Gasteiger partial charge in [0.2, 0.25) is 0 Å². The van der Waals surface area contributed by atoms with Crippen molar-refractivity contribution in [2.75, 3.05) is 20.1 Å². The molecule has 10 nitrogen and oxygen atoms in total. The third-order valence-electron chi connectivity index (χ3n) is 7.54. The molecule has 0 unspecified atom stereocenters. The van der Waals surface area contributed by atoms with Gasteiger partial charge in [-0.2, -0.15) is 5.10 Å². The van der Waals surface area contributed by atoms with Gasteiger partial charge in [-0.15, -0.1) is 0 Å². The number of nitrogens with zero attached hydrogens (tertiary/aromatic N) is 7. The lowest BCUT2D eigenvalue weighted by atomic mass is 10.2. The number of ether oxygens (including phenoxy) is 1. The summed E-state index contributed by atoms with van der Waals surface area (Å²) in [5, 5.41) is 17.3. The van der Waals surface area contributed by atoms with Gasteiger partial charge in [0.1, 0.15) is 11.7 Å². The minimum Gasteiger partial charge on any atom is -0.373 e. The fourth-order valence-electron chi connectivity index (χ4n) is 5.77. The number of halogens is 2. The van der Waals surface area contributed by atoms with Crippen LogP contribution in [0.1, 0.15) is 25.1 Å². The average Bonchev–Trinajstić information content (AvgIpc) is 3.31. The van der Waals surface area contributed by atoms with E-state index in [1.165, 1.54) is 18.2 Å². The van der Waals surface area contributed by atoms with E-state index in [9.17, 15) is 10.1 Å². The lowest BCUT2D eigenvalue weighted by molar-refractivity contribution is -0.384. The second kappa shape index (κ2) is 11.4. The number of para-hydroxylation sites is 1. The van der Waals surface area contributed by atoms with E-state index in [2.05, 4.69) is 20.6 Å². The van der Waals surface area contributed by atoms with Gasteiger partial charge in [0.05, 0.1) is 49.5 Å². The Balaban J connectivity index is 1.73. The highest BCUT2D eigenvalue weighted by Gasteiger charge is 2.47. The number of aromatic nitrogens is 2. The number of morpholine rings is 1. The summed E-state index contributed by atoms with van der Waals surface area (Å²) in [5.74, 6) is 0.587. The molecule has 43 heavy (non-hydrogen) atoms. The van der Waals surface area contributed by atoms with Crippen LogP contribution in [-0.2, 0) is 4.74 Å². The Morgan fingerprint density at radius 3 is 2.40 bits per heavy atom. The molecule has 0 amide bonds. The number of benzene rings is 3. The van der Waals surface area contributed by atoms with Crippen molar-refractivity contribution in [2.24, 2.45) is 9.74 Å². The van der Waals surface area contributed by atoms with Crippen LogP contribution in [0, 0.1) is 22.9 Å². The third-order valence-corrected chi connectivity index (χ3v) is 11.9. The first kappa shape index (κ1) is 29.4. The molecule has 222 valence electrons. The van der Waals surface area contributed by atoms with Gasteiger partial charge in [0.25, 0.3) is 5.69 Å². The van der Waals surface area contributed by atoms with Crippen molar-refractivity contribution >= 4 is 51.6 Å². The fourth-order valence-corrected chi connectivity index (χ4v) is 10.4. The van der Waals surface area contributed by atoms with E-state index in [1.807, 2.05) is 62.8 Å². The molecule has 0 bridgehead atoms. The number of aliphatic imine (C=N–C) groups is 1. The Morgan fingerprint density at radius 2 is 1.74 bits per heavy atom. The smallest absolute Gasteiger partial charge is 0.270 e. The lowest BCUT2D eigenvalue weighted by Crippen LogP contribution is -2.50. The van der Waals surface area contributed by atoms with E-state index in [1.54, 1.807) is 28.9 Å². The number of amidine groups is 1. The number of fused-ring (bicyclic) bond motifs is 1. The Bertz CT molecular complexity index is 1800. The number of aryl methyl sites for hydroxylation is 1. The van der Waals surface area contributed by atoms with Crippen molar-refractivity contribution in [3.8, 4) is 5.69 Å². The van der Waals surface area contributed by atoms with Crippen molar-refractivity contribution in [1.82, 2.24) is 19.1 Å². The molecule has 6 rings (SSSR count). The van der Waals surface area contributed by atoms with Crippen LogP contribution in [0.4, 0.5) is 21.6 Å². The molecule has 0 radical (unpaired) electrons. The Morgan fingerprint density at radius 1 is 1.07 bits per heavy atom. The first-order valence-electron chi connectivity index (χ1n) is 13.8. The van der Waals surface area contributed by atoms with Gasteiger partial charge >= 0.3 is 0 Å². The third kappa shape index (κ3) is 5.12. The van der Waals surface area contributed by atoms with E-state index in [-0.39, 0.29) is 17.9 Å². The zero-order valence-electron chi connectivity index (χ0n) is 24.1. The normalized spacial score (nSPS) is 22.2. The maximum atomic E-state index is 15.5. The molecule has 3 atom stereocenters. The van der Waals surface area contributed by atoms with Crippen LogP contribution >= 0.6 is 23.3 Å². The van der Waals surface area contributed by atoms with Gasteiger partial charge < -0.3 is 9.41 Å². The van der Waals surface area contributed by atoms with Gasteiger partial charge in [-0.05, 0) is 67.0 Å². The van der Waals surface area contributed by atoms with E-state index >= 15 is 4.39 Å². The quantitative estimate of drug-likeness (QED) is 0.128. The SMILES string of the molecule is Cc1nn(-c2ccccc2)c2c1[P@@](=Nc1ccc([N+](=O)[O-])cc1Br)(N1C[C@@H](C)O[C@@H](C)C1)N(C)C(c1ccccc1F)=N2.